The summed E-state index contributed by atoms with van der Waals surface area (Å²) in [5.41, 5.74) is 0.599. The SMILES string of the molecule is CCC(NC(=O)c1ccc(Cl)cc1)[C@H]1[C@@H]2C[C@H](OS(C)(=O)=O)C[C@@H]21. The van der Waals surface area contributed by atoms with Gasteiger partial charge >= 0.3 is 0 Å². The molecule has 5 atom stereocenters. The van der Waals surface area contributed by atoms with E-state index in [1.54, 1.807) is 24.3 Å². The maximum Gasteiger partial charge on any atom is 0.264 e. The van der Waals surface area contributed by atoms with Crippen molar-refractivity contribution in [2.45, 2.75) is 38.3 Å². The van der Waals surface area contributed by atoms with Gasteiger partial charge in [0.1, 0.15) is 0 Å². The first-order chi connectivity index (χ1) is 11.3. The Labute approximate surface area is 147 Å². The summed E-state index contributed by atoms with van der Waals surface area (Å²) >= 11 is 5.85. The second-order valence-electron chi connectivity index (χ2n) is 6.79. The molecule has 2 saturated carbocycles. The van der Waals surface area contributed by atoms with E-state index in [-0.39, 0.29) is 18.1 Å². The molecule has 3 rings (SSSR count). The molecule has 0 heterocycles. The predicted molar refractivity (Wildman–Crippen MR) is 92.4 cm³/mol. The predicted octanol–water partition coefficient (Wildman–Crippen LogP) is 2.85. The Morgan fingerprint density at radius 3 is 2.38 bits per heavy atom. The van der Waals surface area contributed by atoms with Crippen LogP contribution in [0.5, 0.6) is 0 Å². The molecule has 2 fully saturated rings. The molecule has 24 heavy (non-hydrogen) atoms. The van der Waals surface area contributed by atoms with Crippen molar-refractivity contribution in [2.75, 3.05) is 6.26 Å². The molecule has 0 aliphatic heterocycles. The van der Waals surface area contributed by atoms with Crippen molar-refractivity contribution < 1.29 is 17.4 Å². The Hall–Kier alpha value is -1.11. The zero-order valence-corrected chi connectivity index (χ0v) is 15.3. The number of fused-ring (bicyclic) bond motifs is 1. The Kier molecular flexibility index (Phi) is 4.91. The van der Waals surface area contributed by atoms with E-state index in [4.69, 9.17) is 15.8 Å². The number of benzene rings is 1. The summed E-state index contributed by atoms with van der Waals surface area (Å²) < 4.78 is 27.5. The summed E-state index contributed by atoms with van der Waals surface area (Å²) in [5.74, 6) is 1.23. The largest absolute Gasteiger partial charge is 0.349 e. The van der Waals surface area contributed by atoms with Crippen LogP contribution in [0.2, 0.25) is 5.02 Å². The van der Waals surface area contributed by atoms with Crippen molar-refractivity contribution in [1.29, 1.82) is 0 Å². The summed E-state index contributed by atoms with van der Waals surface area (Å²) in [6.07, 6.45) is 3.27. The summed E-state index contributed by atoms with van der Waals surface area (Å²) in [7, 11) is -3.39. The Balaban J connectivity index is 1.56. The Morgan fingerprint density at radius 2 is 1.88 bits per heavy atom. The maximum absolute atomic E-state index is 12.4. The first kappa shape index (κ1) is 17.7. The highest BCUT2D eigenvalue weighted by atomic mass is 35.5. The van der Waals surface area contributed by atoms with E-state index in [1.807, 2.05) is 0 Å². The maximum atomic E-state index is 12.4. The van der Waals surface area contributed by atoms with Gasteiger partial charge in [-0.3, -0.25) is 8.98 Å². The molecule has 0 saturated heterocycles. The molecule has 2 aliphatic carbocycles. The van der Waals surface area contributed by atoms with Gasteiger partial charge in [0, 0.05) is 16.6 Å². The van der Waals surface area contributed by atoms with Gasteiger partial charge in [-0.2, -0.15) is 8.42 Å². The fraction of sp³-hybridized carbons (Fsp3) is 0.588. The number of carbonyl (C=O) groups is 1. The van der Waals surface area contributed by atoms with Crippen molar-refractivity contribution in [3.8, 4) is 0 Å². The third-order valence-corrected chi connectivity index (χ3v) is 5.98. The van der Waals surface area contributed by atoms with Crippen LogP contribution in [-0.2, 0) is 14.3 Å². The van der Waals surface area contributed by atoms with Crippen molar-refractivity contribution in [3.63, 3.8) is 0 Å². The molecular formula is C17H22ClNO4S. The van der Waals surface area contributed by atoms with Gasteiger partial charge in [-0.15, -0.1) is 0 Å². The molecule has 132 valence electrons. The smallest absolute Gasteiger partial charge is 0.264 e. The second-order valence-corrected chi connectivity index (χ2v) is 8.83. The van der Waals surface area contributed by atoms with Gasteiger partial charge in [-0.25, -0.2) is 0 Å². The van der Waals surface area contributed by atoms with Gasteiger partial charge in [0.2, 0.25) is 0 Å². The van der Waals surface area contributed by atoms with Gasteiger partial charge in [0.05, 0.1) is 12.4 Å². The van der Waals surface area contributed by atoms with Gasteiger partial charge in [0.15, 0.2) is 0 Å². The molecular weight excluding hydrogens is 350 g/mol. The number of hydrogen-bond donors (Lipinski definition) is 1. The summed E-state index contributed by atoms with van der Waals surface area (Å²) in [6, 6.07) is 6.96. The molecule has 1 N–H and O–H groups in total. The van der Waals surface area contributed by atoms with Crippen LogP contribution in [0.4, 0.5) is 0 Å². The zero-order valence-electron chi connectivity index (χ0n) is 13.7. The molecule has 5 nitrogen and oxygen atoms in total. The van der Waals surface area contributed by atoms with Crippen LogP contribution in [0.15, 0.2) is 24.3 Å². The summed E-state index contributed by atoms with van der Waals surface area (Å²) in [4.78, 5) is 12.4. The molecule has 7 heteroatoms. The van der Waals surface area contributed by atoms with Gasteiger partial charge in [-0.1, -0.05) is 18.5 Å². The first-order valence-corrected chi connectivity index (χ1v) is 10.4. The number of hydrogen-bond acceptors (Lipinski definition) is 4. The lowest BCUT2D eigenvalue weighted by Gasteiger charge is -2.21. The molecule has 1 unspecified atom stereocenters. The number of halogens is 1. The van der Waals surface area contributed by atoms with Gasteiger partial charge in [-0.05, 0) is 61.3 Å². The van der Waals surface area contributed by atoms with Crippen LogP contribution in [0.1, 0.15) is 36.5 Å². The van der Waals surface area contributed by atoms with E-state index < -0.39 is 10.1 Å². The van der Waals surface area contributed by atoms with E-state index in [9.17, 15) is 13.2 Å². The van der Waals surface area contributed by atoms with E-state index in [1.165, 1.54) is 0 Å². The average Bonchev–Trinajstić information content (AvgIpc) is 2.98. The van der Waals surface area contributed by atoms with Gasteiger partial charge < -0.3 is 5.32 Å². The van der Waals surface area contributed by atoms with Gasteiger partial charge in [0.25, 0.3) is 16.0 Å². The van der Waals surface area contributed by atoms with Crippen molar-refractivity contribution in [1.82, 2.24) is 5.32 Å². The molecule has 1 aromatic carbocycles. The highest BCUT2D eigenvalue weighted by Crippen LogP contribution is 2.60. The van der Waals surface area contributed by atoms with Crippen LogP contribution < -0.4 is 5.32 Å². The molecule has 0 bridgehead atoms. The van der Waals surface area contributed by atoms with Crippen molar-refractivity contribution in [2.24, 2.45) is 17.8 Å². The van der Waals surface area contributed by atoms with E-state index in [0.29, 0.717) is 28.3 Å². The molecule has 1 amide bonds. The third kappa shape index (κ3) is 3.92. The minimum absolute atomic E-state index is 0.0903. The van der Waals surface area contributed by atoms with E-state index in [0.717, 1.165) is 25.5 Å². The fourth-order valence-electron chi connectivity index (χ4n) is 4.09. The number of rotatable bonds is 6. The average molecular weight is 372 g/mol. The second kappa shape index (κ2) is 6.65. The zero-order chi connectivity index (χ0) is 17.5. The quantitative estimate of drug-likeness (QED) is 0.780. The Bertz CT molecular complexity index is 707. The molecule has 0 aromatic heterocycles. The first-order valence-electron chi connectivity index (χ1n) is 8.23. The van der Waals surface area contributed by atoms with Crippen molar-refractivity contribution in [3.05, 3.63) is 34.9 Å². The lowest BCUT2D eigenvalue weighted by atomic mass is 10.0. The lowest BCUT2D eigenvalue weighted by molar-refractivity contribution is 0.0925. The van der Waals surface area contributed by atoms with Crippen molar-refractivity contribution >= 4 is 27.6 Å². The Morgan fingerprint density at radius 1 is 1.29 bits per heavy atom. The lowest BCUT2D eigenvalue weighted by Crippen LogP contribution is -2.37. The highest BCUT2D eigenvalue weighted by molar-refractivity contribution is 7.86. The molecule has 0 spiro atoms. The minimum atomic E-state index is -3.39. The number of carbonyl (C=O) groups excluding carboxylic acids is 1. The van der Waals surface area contributed by atoms with E-state index in [2.05, 4.69) is 12.2 Å². The normalized spacial score (nSPS) is 29.8. The van der Waals surface area contributed by atoms with Crippen LogP contribution >= 0.6 is 11.6 Å². The molecule has 0 radical (unpaired) electrons. The summed E-state index contributed by atoms with van der Waals surface area (Å²) in [5, 5.41) is 3.72. The third-order valence-electron chi connectivity index (χ3n) is 5.11. The fourth-order valence-corrected chi connectivity index (χ4v) is 4.87. The summed E-state index contributed by atoms with van der Waals surface area (Å²) in [6.45, 7) is 2.06. The van der Waals surface area contributed by atoms with Crippen LogP contribution in [-0.4, -0.2) is 32.7 Å². The monoisotopic (exact) mass is 371 g/mol. The minimum Gasteiger partial charge on any atom is -0.349 e. The standard InChI is InChI=1S/C17H22ClNO4S/c1-3-15(19-17(20)10-4-6-11(18)7-5-10)16-13-8-12(9-14(13)16)23-24(2,21)22/h4-7,12-16H,3,8-9H2,1-2H3,(H,19,20)/t12-,13+,14-,15?,16-. The molecule has 1 aromatic rings. The topological polar surface area (TPSA) is 72.5 Å². The van der Waals surface area contributed by atoms with Crippen LogP contribution in [0.25, 0.3) is 0 Å². The van der Waals surface area contributed by atoms with E-state index >= 15 is 0 Å². The van der Waals surface area contributed by atoms with Crippen LogP contribution in [0, 0.1) is 17.8 Å². The molecule has 2 aliphatic rings. The number of nitrogens with one attached hydrogen (secondary N) is 1. The van der Waals surface area contributed by atoms with Crippen LogP contribution in [0.3, 0.4) is 0 Å². The highest BCUT2D eigenvalue weighted by Gasteiger charge is 2.59. The number of amides is 1.